The Bertz CT molecular complexity index is 486. The van der Waals surface area contributed by atoms with Gasteiger partial charge in [-0.1, -0.05) is 29.3 Å². The highest BCUT2D eigenvalue weighted by Gasteiger charge is 2.31. The molecule has 1 aromatic carbocycles. The van der Waals surface area contributed by atoms with Crippen molar-refractivity contribution >= 4 is 15.9 Å². The van der Waals surface area contributed by atoms with Gasteiger partial charge in [-0.15, -0.1) is 0 Å². The van der Waals surface area contributed by atoms with Crippen molar-refractivity contribution in [2.75, 3.05) is 6.54 Å². The van der Waals surface area contributed by atoms with E-state index in [9.17, 15) is 4.39 Å². The number of hydrogen-bond acceptors (Lipinski definition) is 1. The molecule has 1 aromatic rings. The van der Waals surface area contributed by atoms with Gasteiger partial charge in [-0.2, -0.15) is 0 Å². The van der Waals surface area contributed by atoms with Crippen LogP contribution in [0.4, 0.5) is 4.39 Å². The van der Waals surface area contributed by atoms with Gasteiger partial charge in [0.1, 0.15) is 5.82 Å². The fraction of sp³-hybridized carbons (Fsp3) is 0.667. The number of hydrogen-bond donors (Lipinski definition) is 1. The summed E-state index contributed by atoms with van der Waals surface area (Å²) in [6, 6.07) is 6.10. The minimum absolute atomic E-state index is 0.0506. The molecule has 21 heavy (non-hydrogen) atoms. The molecular weight excluding hydrogens is 329 g/mol. The van der Waals surface area contributed by atoms with Crippen molar-refractivity contribution in [2.45, 2.75) is 51.5 Å². The summed E-state index contributed by atoms with van der Waals surface area (Å²) in [4.78, 5) is 0. The first-order valence-corrected chi connectivity index (χ1v) is 9.08. The lowest BCUT2D eigenvalue weighted by Crippen LogP contribution is -2.34. The van der Waals surface area contributed by atoms with E-state index < -0.39 is 0 Å². The second-order valence-electron chi connectivity index (χ2n) is 7.06. The third kappa shape index (κ3) is 4.29. The Morgan fingerprint density at radius 1 is 1.19 bits per heavy atom. The molecule has 1 nitrogen and oxygen atoms in total. The Kier molecular flexibility index (Phi) is 5.00. The molecule has 0 amide bonds. The summed E-state index contributed by atoms with van der Waals surface area (Å²) >= 11 is 3.47. The van der Waals surface area contributed by atoms with Gasteiger partial charge in [-0.05, 0) is 80.2 Å². The second-order valence-corrected chi connectivity index (χ2v) is 7.98. The molecule has 0 heterocycles. The summed E-state index contributed by atoms with van der Waals surface area (Å²) in [5, 5.41) is 3.68. The van der Waals surface area contributed by atoms with E-state index in [1.807, 2.05) is 6.07 Å². The molecule has 0 bridgehead atoms. The highest BCUT2D eigenvalue weighted by Crippen LogP contribution is 2.36. The maximum absolute atomic E-state index is 14.0. The maximum atomic E-state index is 14.0. The summed E-state index contributed by atoms with van der Waals surface area (Å²) in [7, 11) is 0. The first-order chi connectivity index (χ1) is 10.1. The van der Waals surface area contributed by atoms with Gasteiger partial charge in [0.2, 0.25) is 0 Å². The largest absolute Gasteiger partial charge is 0.314 e. The number of rotatable bonds is 5. The van der Waals surface area contributed by atoms with Crippen molar-refractivity contribution < 1.29 is 4.39 Å². The van der Waals surface area contributed by atoms with E-state index >= 15 is 0 Å². The van der Waals surface area contributed by atoms with Crippen molar-refractivity contribution in [3.05, 3.63) is 34.1 Å². The highest BCUT2D eigenvalue weighted by molar-refractivity contribution is 9.10. The molecule has 0 spiro atoms. The average molecular weight is 354 g/mol. The molecule has 2 fully saturated rings. The van der Waals surface area contributed by atoms with E-state index in [1.165, 1.54) is 32.1 Å². The van der Waals surface area contributed by atoms with Crippen LogP contribution in [-0.4, -0.2) is 12.6 Å². The minimum atomic E-state index is -0.0506. The fourth-order valence-electron chi connectivity index (χ4n) is 3.67. The second kappa shape index (κ2) is 6.78. The molecule has 0 aliphatic heterocycles. The molecule has 0 aromatic heterocycles. The monoisotopic (exact) mass is 353 g/mol. The van der Waals surface area contributed by atoms with Crippen LogP contribution in [0, 0.1) is 23.6 Å². The molecule has 1 N–H and O–H groups in total. The van der Waals surface area contributed by atoms with Crippen LogP contribution in [0.25, 0.3) is 0 Å². The van der Waals surface area contributed by atoms with Crippen molar-refractivity contribution in [3.8, 4) is 0 Å². The fourth-order valence-corrected chi connectivity index (χ4v) is 4.08. The topological polar surface area (TPSA) is 12.0 Å². The quantitative estimate of drug-likeness (QED) is 0.790. The predicted molar refractivity (Wildman–Crippen MR) is 88.8 cm³/mol. The molecule has 2 saturated carbocycles. The summed E-state index contributed by atoms with van der Waals surface area (Å²) in [6.45, 7) is 3.46. The zero-order valence-corrected chi connectivity index (χ0v) is 14.3. The lowest BCUT2D eigenvalue weighted by atomic mass is 9.72. The van der Waals surface area contributed by atoms with Gasteiger partial charge in [0.25, 0.3) is 0 Å². The molecule has 3 unspecified atom stereocenters. The lowest BCUT2D eigenvalue weighted by molar-refractivity contribution is 0.182. The molecule has 0 saturated heterocycles. The first-order valence-electron chi connectivity index (χ1n) is 8.29. The van der Waals surface area contributed by atoms with Gasteiger partial charge in [0.15, 0.2) is 0 Å². The lowest BCUT2D eigenvalue weighted by Gasteiger charge is -2.35. The summed E-state index contributed by atoms with van der Waals surface area (Å²) in [5.74, 6) is 2.05. The molecule has 3 rings (SSSR count). The van der Waals surface area contributed by atoms with Gasteiger partial charge >= 0.3 is 0 Å². The number of halogens is 2. The van der Waals surface area contributed by atoms with Crippen LogP contribution in [0.1, 0.15) is 44.6 Å². The smallest absolute Gasteiger partial charge is 0.126 e. The van der Waals surface area contributed by atoms with Gasteiger partial charge in [0.05, 0.1) is 0 Å². The molecular formula is C18H25BrFN. The SMILES string of the molecule is CC1CCC(CNC2CC2)C(Cc2cc(Br)ccc2F)C1. The van der Waals surface area contributed by atoms with Crippen molar-refractivity contribution in [2.24, 2.45) is 17.8 Å². The van der Waals surface area contributed by atoms with Crippen LogP contribution in [-0.2, 0) is 6.42 Å². The number of nitrogens with one attached hydrogen (secondary N) is 1. The first kappa shape index (κ1) is 15.5. The summed E-state index contributed by atoms with van der Waals surface area (Å²) < 4.78 is 15.0. The van der Waals surface area contributed by atoms with Crippen LogP contribution in [0.15, 0.2) is 22.7 Å². The van der Waals surface area contributed by atoms with Gasteiger partial charge in [-0.25, -0.2) is 4.39 Å². The number of benzene rings is 1. The Hall–Kier alpha value is -0.410. The zero-order chi connectivity index (χ0) is 14.8. The molecule has 3 heteroatoms. The maximum Gasteiger partial charge on any atom is 0.126 e. The van der Waals surface area contributed by atoms with Gasteiger partial charge < -0.3 is 5.32 Å². The summed E-state index contributed by atoms with van der Waals surface area (Å²) in [6.07, 6.45) is 7.42. The molecule has 2 aliphatic carbocycles. The summed E-state index contributed by atoms with van der Waals surface area (Å²) in [5.41, 5.74) is 0.875. The van der Waals surface area contributed by atoms with E-state index in [1.54, 1.807) is 12.1 Å². The molecule has 2 aliphatic rings. The van der Waals surface area contributed by atoms with E-state index in [4.69, 9.17) is 0 Å². The zero-order valence-electron chi connectivity index (χ0n) is 12.7. The Morgan fingerprint density at radius 2 is 2.00 bits per heavy atom. The normalized spacial score (nSPS) is 29.6. The third-order valence-electron chi connectivity index (χ3n) is 5.14. The molecule has 0 radical (unpaired) electrons. The Morgan fingerprint density at radius 3 is 2.76 bits per heavy atom. The van der Waals surface area contributed by atoms with Crippen molar-refractivity contribution in [1.82, 2.24) is 5.32 Å². The standard InChI is InChI=1S/C18H25BrFN/c1-12-2-3-13(11-21-17-5-6-17)14(8-12)9-15-10-16(19)4-7-18(15)20/h4,7,10,12-14,17,21H,2-3,5-6,8-9,11H2,1H3. The van der Waals surface area contributed by atoms with E-state index in [2.05, 4.69) is 28.2 Å². The van der Waals surface area contributed by atoms with Crippen LogP contribution in [0.3, 0.4) is 0 Å². The van der Waals surface area contributed by atoms with E-state index in [0.29, 0.717) is 11.8 Å². The Balaban J connectivity index is 1.67. The van der Waals surface area contributed by atoms with E-state index in [0.717, 1.165) is 35.0 Å². The van der Waals surface area contributed by atoms with Crippen molar-refractivity contribution in [1.29, 1.82) is 0 Å². The highest BCUT2D eigenvalue weighted by atomic mass is 79.9. The van der Waals surface area contributed by atoms with E-state index in [-0.39, 0.29) is 5.82 Å². The predicted octanol–water partition coefficient (Wildman–Crippen LogP) is 4.94. The van der Waals surface area contributed by atoms with Crippen LogP contribution < -0.4 is 5.32 Å². The van der Waals surface area contributed by atoms with Crippen LogP contribution in [0.5, 0.6) is 0 Å². The molecule has 3 atom stereocenters. The Labute approximate surface area is 135 Å². The van der Waals surface area contributed by atoms with Gasteiger partial charge in [-0.3, -0.25) is 0 Å². The average Bonchev–Trinajstić information content (AvgIpc) is 3.26. The van der Waals surface area contributed by atoms with Gasteiger partial charge in [0, 0.05) is 10.5 Å². The minimum Gasteiger partial charge on any atom is -0.314 e. The third-order valence-corrected chi connectivity index (χ3v) is 5.63. The van der Waals surface area contributed by atoms with Crippen molar-refractivity contribution in [3.63, 3.8) is 0 Å². The molecule has 116 valence electrons. The van der Waals surface area contributed by atoms with Crippen LogP contribution >= 0.6 is 15.9 Å². The van der Waals surface area contributed by atoms with Crippen LogP contribution in [0.2, 0.25) is 0 Å².